The van der Waals surface area contributed by atoms with Crippen molar-refractivity contribution in [3.05, 3.63) is 84.6 Å². The molecule has 0 aliphatic rings. The van der Waals surface area contributed by atoms with E-state index in [4.69, 9.17) is 9.47 Å². The largest absolute Gasteiger partial charge is 0.475 e. The molecule has 6 heteroatoms. The monoisotopic (exact) mass is 415 g/mol. The van der Waals surface area contributed by atoms with Gasteiger partial charge in [-0.25, -0.2) is 4.98 Å². The molecule has 0 spiro atoms. The van der Waals surface area contributed by atoms with Crippen molar-refractivity contribution in [3.8, 4) is 17.1 Å². The fourth-order valence-electron chi connectivity index (χ4n) is 3.46. The predicted octanol–water partition coefficient (Wildman–Crippen LogP) is 4.04. The van der Waals surface area contributed by atoms with Crippen LogP contribution in [-0.4, -0.2) is 35.8 Å². The molecule has 0 fully saturated rings. The number of hydrogen-bond acceptors (Lipinski definition) is 4. The van der Waals surface area contributed by atoms with Gasteiger partial charge in [-0.05, 0) is 23.3 Å². The molecule has 0 saturated heterocycles. The summed E-state index contributed by atoms with van der Waals surface area (Å²) in [4.78, 5) is 17.0. The topological polar surface area (TPSA) is 65.4 Å². The molecule has 0 aliphatic carbocycles. The van der Waals surface area contributed by atoms with Gasteiger partial charge in [0, 0.05) is 42.5 Å². The van der Waals surface area contributed by atoms with E-state index in [9.17, 15) is 4.79 Å². The number of fused-ring (bicyclic) bond motifs is 1. The molecule has 2 heterocycles. The minimum Gasteiger partial charge on any atom is -0.475 e. The van der Waals surface area contributed by atoms with Gasteiger partial charge in [0.1, 0.15) is 13.2 Å². The number of nitrogens with one attached hydrogen (secondary N) is 1. The van der Waals surface area contributed by atoms with E-state index in [0.717, 1.165) is 27.7 Å². The van der Waals surface area contributed by atoms with Crippen LogP contribution in [-0.2, 0) is 22.6 Å². The van der Waals surface area contributed by atoms with Crippen molar-refractivity contribution in [3.63, 3.8) is 0 Å². The highest BCUT2D eigenvalue weighted by atomic mass is 16.5. The molecular formula is C25H25N3O3. The first-order chi connectivity index (χ1) is 15.2. The van der Waals surface area contributed by atoms with Crippen LogP contribution in [0.25, 0.3) is 22.2 Å². The van der Waals surface area contributed by atoms with Crippen LogP contribution in [0.4, 0.5) is 0 Å². The number of methoxy groups -OCH3 is 1. The number of aromatic nitrogens is 2. The molecule has 2 aromatic heterocycles. The maximum Gasteiger partial charge on any atom is 0.240 e. The molecule has 1 amide bonds. The summed E-state index contributed by atoms with van der Waals surface area (Å²) < 4.78 is 12.5. The van der Waals surface area contributed by atoms with Crippen LogP contribution >= 0.6 is 0 Å². The van der Waals surface area contributed by atoms with Crippen molar-refractivity contribution in [1.82, 2.24) is 14.9 Å². The Kier molecular flexibility index (Phi) is 6.59. The van der Waals surface area contributed by atoms with Crippen molar-refractivity contribution >= 4 is 16.8 Å². The highest BCUT2D eigenvalue weighted by molar-refractivity contribution is 5.89. The SMILES string of the molecule is COCCOc1ccc(CNC(=O)Cn2c(-c3ccccc3)cc3ccccc32)cn1. The molecule has 1 N–H and O–H groups in total. The van der Waals surface area contributed by atoms with Crippen LogP contribution in [0.5, 0.6) is 5.88 Å². The van der Waals surface area contributed by atoms with E-state index in [2.05, 4.69) is 39.1 Å². The lowest BCUT2D eigenvalue weighted by atomic mass is 10.1. The van der Waals surface area contributed by atoms with Gasteiger partial charge in [-0.1, -0.05) is 54.6 Å². The van der Waals surface area contributed by atoms with Gasteiger partial charge in [-0.15, -0.1) is 0 Å². The first kappa shape index (κ1) is 20.6. The lowest BCUT2D eigenvalue weighted by Crippen LogP contribution is -2.27. The Morgan fingerprint density at radius 1 is 1.00 bits per heavy atom. The van der Waals surface area contributed by atoms with Gasteiger partial charge in [0.05, 0.1) is 6.61 Å². The van der Waals surface area contributed by atoms with Gasteiger partial charge in [0.15, 0.2) is 0 Å². The highest BCUT2D eigenvalue weighted by Gasteiger charge is 2.13. The molecule has 2 aromatic carbocycles. The summed E-state index contributed by atoms with van der Waals surface area (Å²) >= 11 is 0. The van der Waals surface area contributed by atoms with E-state index in [1.807, 2.05) is 42.5 Å². The average molecular weight is 415 g/mol. The Hall–Kier alpha value is -3.64. The maximum atomic E-state index is 12.8. The summed E-state index contributed by atoms with van der Waals surface area (Å²) in [6.45, 7) is 1.61. The molecular weight excluding hydrogens is 390 g/mol. The van der Waals surface area contributed by atoms with Gasteiger partial charge < -0.3 is 19.4 Å². The van der Waals surface area contributed by atoms with E-state index in [0.29, 0.717) is 25.6 Å². The zero-order chi connectivity index (χ0) is 21.5. The average Bonchev–Trinajstić information content (AvgIpc) is 3.18. The molecule has 0 unspecified atom stereocenters. The van der Waals surface area contributed by atoms with E-state index in [1.54, 1.807) is 19.4 Å². The van der Waals surface area contributed by atoms with Crippen LogP contribution in [0.2, 0.25) is 0 Å². The Labute approximate surface area is 181 Å². The van der Waals surface area contributed by atoms with Gasteiger partial charge in [-0.3, -0.25) is 4.79 Å². The van der Waals surface area contributed by atoms with Crippen LogP contribution in [0.15, 0.2) is 79.0 Å². The Bertz CT molecular complexity index is 1140. The Morgan fingerprint density at radius 3 is 2.58 bits per heavy atom. The molecule has 4 aromatic rings. The third kappa shape index (κ3) is 5.10. The van der Waals surface area contributed by atoms with Crippen LogP contribution < -0.4 is 10.1 Å². The summed E-state index contributed by atoms with van der Waals surface area (Å²) in [5.41, 5.74) is 4.06. The number of carbonyl (C=O) groups is 1. The van der Waals surface area contributed by atoms with Gasteiger partial charge >= 0.3 is 0 Å². The van der Waals surface area contributed by atoms with E-state index >= 15 is 0 Å². The first-order valence-electron chi connectivity index (χ1n) is 10.2. The maximum absolute atomic E-state index is 12.8. The smallest absolute Gasteiger partial charge is 0.240 e. The van der Waals surface area contributed by atoms with E-state index in [-0.39, 0.29) is 12.5 Å². The number of rotatable bonds is 9. The summed E-state index contributed by atoms with van der Waals surface area (Å²) in [7, 11) is 1.63. The minimum atomic E-state index is -0.0565. The van der Waals surface area contributed by atoms with Crippen LogP contribution in [0, 0.1) is 0 Å². The quantitative estimate of drug-likeness (QED) is 0.419. The number of hydrogen-bond donors (Lipinski definition) is 1. The van der Waals surface area contributed by atoms with Gasteiger partial charge in [-0.2, -0.15) is 0 Å². The first-order valence-corrected chi connectivity index (χ1v) is 10.2. The minimum absolute atomic E-state index is 0.0565. The molecule has 158 valence electrons. The number of amides is 1. The zero-order valence-electron chi connectivity index (χ0n) is 17.5. The number of ether oxygens (including phenoxy) is 2. The Balaban J connectivity index is 1.44. The number of nitrogens with zero attached hydrogens (tertiary/aromatic N) is 2. The standard InChI is InChI=1S/C25H25N3O3/c1-30-13-14-31-25-12-11-19(17-27-25)16-26-24(29)18-28-22-10-6-5-9-21(22)15-23(28)20-7-3-2-4-8-20/h2-12,15,17H,13-14,16,18H2,1H3,(H,26,29). The second kappa shape index (κ2) is 9.91. The van der Waals surface area contributed by atoms with Gasteiger partial charge in [0.2, 0.25) is 11.8 Å². The predicted molar refractivity (Wildman–Crippen MR) is 121 cm³/mol. The van der Waals surface area contributed by atoms with Crippen molar-refractivity contribution in [2.24, 2.45) is 0 Å². The molecule has 0 radical (unpaired) electrons. The second-order valence-electron chi connectivity index (χ2n) is 7.16. The van der Waals surface area contributed by atoms with Crippen molar-refractivity contribution in [1.29, 1.82) is 0 Å². The zero-order valence-corrected chi connectivity index (χ0v) is 17.5. The molecule has 0 bridgehead atoms. The number of benzene rings is 2. The Morgan fingerprint density at radius 2 is 1.81 bits per heavy atom. The summed E-state index contributed by atoms with van der Waals surface area (Å²) in [6.07, 6.45) is 1.71. The lowest BCUT2D eigenvalue weighted by molar-refractivity contribution is -0.121. The fourth-order valence-corrected chi connectivity index (χ4v) is 3.46. The number of carbonyl (C=O) groups excluding carboxylic acids is 1. The molecule has 6 nitrogen and oxygen atoms in total. The third-order valence-corrected chi connectivity index (χ3v) is 5.01. The molecule has 0 atom stereocenters. The molecule has 31 heavy (non-hydrogen) atoms. The fraction of sp³-hybridized carbons (Fsp3) is 0.200. The summed E-state index contributed by atoms with van der Waals surface area (Å²) in [5.74, 6) is 0.484. The van der Waals surface area contributed by atoms with Crippen molar-refractivity contribution in [2.75, 3.05) is 20.3 Å². The highest BCUT2D eigenvalue weighted by Crippen LogP contribution is 2.28. The van der Waals surface area contributed by atoms with E-state index < -0.39 is 0 Å². The van der Waals surface area contributed by atoms with Crippen molar-refractivity contribution in [2.45, 2.75) is 13.1 Å². The van der Waals surface area contributed by atoms with Crippen LogP contribution in [0.1, 0.15) is 5.56 Å². The molecule has 0 saturated carbocycles. The summed E-state index contributed by atoms with van der Waals surface area (Å²) in [5, 5.41) is 4.11. The summed E-state index contributed by atoms with van der Waals surface area (Å²) in [6, 6.07) is 24.1. The van der Waals surface area contributed by atoms with Crippen LogP contribution in [0.3, 0.4) is 0 Å². The second-order valence-corrected chi connectivity index (χ2v) is 7.16. The third-order valence-electron chi connectivity index (χ3n) is 5.01. The number of pyridine rings is 1. The lowest BCUT2D eigenvalue weighted by Gasteiger charge is -2.12. The van der Waals surface area contributed by atoms with Gasteiger partial charge in [0.25, 0.3) is 0 Å². The van der Waals surface area contributed by atoms with E-state index in [1.165, 1.54) is 0 Å². The normalized spacial score (nSPS) is 10.9. The molecule has 4 rings (SSSR count). The molecule has 0 aliphatic heterocycles. The van der Waals surface area contributed by atoms with Crippen molar-refractivity contribution < 1.29 is 14.3 Å². The number of para-hydroxylation sites is 1.